The minimum atomic E-state index is -0.648. The van der Waals surface area contributed by atoms with E-state index < -0.39 is 11.4 Å². The summed E-state index contributed by atoms with van der Waals surface area (Å²) >= 11 is 5.24. The predicted molar refractivity (Wildman–Crippen MR) is 76.8 cm³/mol. The molecule has 1 aromatic heterocycles. The Morgan fingerprint density at radius 2 is 2.39 bits per heavy atom. The maximum atomic E-state index is 11.5. The van der Waals surface area contributed by atoms with Gasteiger partial charge in [-0.3, -0.25) is 9.69 Å². The fourth-order valence-electron chi connectivity index (χ4n) is 2.58. The average Bonchev–Trinajstić information content (AvgIpc) is 2.88. The second-order valence-electron chi connectivity index (χ2n) is 5.27. The molecule has 1 unspecified atom stereocenters. The fourth-order valence-corrected chi connectivity index (χ4v) is 4.10. The van der Waals surface area contributed by atoms with Gasteiger partial charge in [-0.25, -0.2) is 0 Å². The van der Waals surface area contributed by atoms with E-state index in [0.29, 0.717) is 6.54 Å². The Balaban J connectivity index is 2.08. The molecule has 1 aromatic rings. The third-order valence-electron chi connectivity index (χ3n) is 3.97. The summed E-state index contributed by atoms with van der Waals surface area (Å²) < 4.78 is 1.13. The van der Waals surface area contributed by atoms with Gasteiger partial charge in [-0.15, -0.1) is 11.3 Å². The molecule has 100 valence electrons. The van der Waals surface area contributed by atoms with Gasteiger partial charge in [0.2, 0.25) is 0 Å². The number of carbonyl (C=O) groups is 1. The molecule has 0 aromatic carbocycles. The van der Waals surface area contributed by atoms with Gasteiger partial charge in [-0.1, -0.05) is 13.8 Å². The molecule has 1 atom stereocenters. The topological polar surface area (TPSA) is 40.5 Å². The van der Waals surface area contributed by atoms with Gasteiger partial charge < -0.3 is 5.11 Å². The Hall–Kier alpha value is -0.390. The number of likely N-dealkylation sites (tertiary alicyclic amines) is 1. The number of nitrogens with zero attached hydrogens (tertiary/aromatic N) is 1. The van der Waals surface area contributed by atoms with E-state index in [1.54, 1.807) is 11.3 Å². The lowest BCUT2D eigenvalue weighted by Gasteiger charge is -2.28. The van der Waals surface area contributed by atoms with Crippen molar-refractivity contribution in [1.29, 1.82) is 0 Å². The van der Waals surface area contributed by atoms with Crippen LogP contribution in [0, 0.1) is 11.3 Å². The van der Waals surface area contributed by atoms with Gasteiger partial charge >= 0.3 is 5.97 Å². The summed E-state index contributed by atoms with van der Waals surface area (Å²) in [5.41, 5.74) is -0.566. The minimum Gasteiger partial charge on any atom is -0.481 e. The van der Waals surface area contributed by atoms with Crippen LogP contribution in [0.15, 0.2) is 15.9 Å². The summed E-state index contributed by atoms with van der Waals surface area (Å²) in [6.45, 7) is 6.40. The van der Waals surface area contributed by atoms with Crippen LogP contribution in [0.5, 0.6) is 0 Å². The zero-order valence-corrected chi connectivity index (χ0v) is 13.1. The number of aliphatic carboxylic acids is 1. The smallest absolute Gasteiger partial charge is 0.311 e. The van der Waals surface area contributed by atoms with Crippen molar-refractivity contribution in [3.8, 4) is 0 Å². The van der Waals surface area contributed by atoms with E-state index in [1.165, 1.54) is 4.88 Å². The summed E-state index contributed by atoms with van der Waals surface area (Å²) in [5, 5.41) is 11.6. The lowest BCUT2D eigenvalue weighted by Crippen LogP contribution is -2.39. The van der Waals surface area contributed by atoms with E-state index in [1.807, 2.05) is 19.9 Å². The zero-order chi connectivity index (χ0) is 13.3. The summed E-state index contributed by atoms with van der Waals surface area (Å²) in [7, 11) is 0. The average molecular weight is 332 g/mol. The summed E-state index contributed by atoms with van der Waals surface area (Å²) in [4.78, 5) is 15.1. The molecule has 0 spiro atoms. The van der Waals surface area contributed by atoms with Gasteiger partial charge in [0.05, 0.1) is 5.41 Å². The number of rotatable bonds is 4. The van der Waals surface area contributed by atoms with Crippen molar-refractivity contribution in [3.63, 3.8) is 0 Å². The first-order valence-corrected chi connectivity index (χ1v) is 7.80. The Labute approximate surface area is 120 Å². The number of halogens is 1. The number of hydrogen-bond donors (Lipinski definition) is 1. The molecule has 3 nitrogen and oxygen atoms in total. The largest absolute Gasteiger partial charge is 0.481 e. The molecule has 0 aliphatic carbocycles. The van der Waals surface area contributed by atoms with Crippen LogP contribution in [-0.4, -0.2) is 29.1 Å². The normalized spacial score (nSPS) is 24.9. The van der Waals surface area contributed by atoms with Crippen molar-refractivity contribution in [2.45, 2.75) is 26.8 Å². The molecule has 1 aliphatic rings. The van der Waals surface area contributed by atoms with Gasteiger partial charge in [0.1, 0.15) is 0 Å². The van der Waals surface area contributed by atoms with Gasteiger partial charge in [-0.2, -0.15) is 0 Å². The van der Waals surface area contributed by atoms with E-state index in [0.717, 1.165) is 24.0 Å². The minimum absolute atomic E-state index is 0.173. The molecule has 0 bridgehead atoms. The Bertz CT molecular complexity index is 446. The van der Waals surface area contributed by atoms with E-state index in [-0.39, 0.29) is 5.92 Å². The highest BCUT2D eigenvalue weighted by Crippen LogP contribution is 2.39. The van der Waals surface area contributed by atoms with E-state index in [9.17, 15) is 9.90 Å². The molecule has 2 heterocycles. The molecule has 0 radical (unpaired) electrons. The van der Waals surface area contributed by atoms with Gasteiger partial charge in [0.25, 0.3) is 0 Å². The van der Waals surface area contributed by atoms with Gasteiger partial charge in [-0.05, 0) is 46.3 Å². The quantitative estimate of drug-likeness (QED) is 0.918. The SMILES string of the molecule is CC(C)C1(C(=O)O)CCN(Cc2sccc2Br)C1. The van der Waals surface area contributed by atoms with Crippen LogP contribution in [0.3, 0.4) is 0 Å². The lowest BCUT2D eigenvalue weighted by atomic mass is 9.76. The molecule has 5 heteroatoms. The number of hydrogen-bond acceptors (Lipinski definition) is 3. The number of carboxylic acid groups (broad SMARTS) is 1. The fraction of sp³-hybridized carbons (Fsp3) is 0.615. The molecule has 18 heavy (non-hydrogen) atoms. The predicted octanol–water partition coefficient (Wildman–Crippen LogP) is 3.44. The van der Waals surface area contributed by atoms with E-state index >= 15 is 0 Å². The third-order valence-corrected chi connectivity index (χ3v) is 5.88. The molecular formula is C13H18BrNO2S. The number of carboxylic acids is 1. The van der Waals surface area contributed by atoms with Crippen molar-refractivity contribution >= 4 is 33.2 Å². The molecule has 0 saturated carbocycles. The highest BCUT2D eigenvalue weighted by atomic mass is 79.9. The summed E-state index contributed by atoms with van der Waals surface area (Å²) in [5.74, 6) is -0.475. The summed E-state index contributed by atoms with van der Waals surface area (Å²) in [6, 6.07) is 2.04. The van der Waals surface area contributed by atoms with Crippen LogP contribution in [0.1, 0.15) is 25.1 Å². The van der Waals surface area contributed by atoms with Crippen molar-refractivity contribution in [1.82, 2.24) is 4.90 Å². The van der Waals surface area contributed by atoms with Crippen LogP contribution in [0.25, 0.3) is 0 Å². The Kier molecular flexibility index (Phi) is 4.14. The monoisotopic (exact) mass is 331 g/mol. The second-order valence-corrected chi connectivity index (χ2v) is 7.12. The van der Waals surface area contributed by atoms with Crippen LogP contribution in [-0.2, 0) is 11.3 Å². The van der Waals surface area contributed by atoms with Crippen LogP contribution in [0.2, 0.25) is 0 Å². The Morgan fingerprint density at radius 1 is 1.67 bits per heavy atom. The first-order valence-electron chi connectivity index (χ1n) is 6.13. The molecule has 1 N–H and O–H groups in total. The van der Waals surface area contributed by atoms with E-state index in [2.05, 4.69) is 26.2 Å². The molecule has 1 saturated heterocycles. The van der Waals surface area contributed by atoms with Crippen molar-refractivity contribution in [3.05, 3.63) is 20.8 Å². The molecule has 2 rings (SSSR count). The molecule has 0 amide bonds. The lowest BCUT2D eigenvalue weighted by molar-refractivity contribution is -0.151. The Morgan fingerprint density at radius 3 is 2.83 bits per heavy atom. The van der Waals surface area contributed by atoms with Crippen LogP contribution < -0.4 is 0 Å². The highest BCUT2D eigenvalue weighted by Gasteiger charge is 2.47. The molecule has 1 fully saturated rings. The van der Waals surface area contributed by atoms with Crippen molar-refractivity contribution < 1.29 is 9.90 Å². The van der Waals surface area contributed by atoms with Crippen LogP contribution >= 0.6 is 27.3 Å². The van der Waals surface area contributed by atoms with Crippen molar-refractivity contribution in [2.24, 2.45) is 11.3 Å². The zero-order valence-electron chi connectivity index (χ0n) is 10.6. The number of thiophene rings is 1. The molecular weight excluding hydrogens is 314 g/mol. The third kappa shape index (κ3) is 2.49. The van der Waals surface area contributed by atoms with Gasteiger partial charge in [0.15, 0.2) is 0 Å². The van der Waals surface area contributed by atoms with Crippen LogP contribution in [0.4, 0.5) is 0 Å². The highest BCUT2D eigenvalue weighted by molar-refractivity contribution is 9.10. The maximum absolute atomic E-state index is 11.5. The standard InChI is InChI=1S/C13H18BrNO2S/c1-9(2)13(12(16)17)4-5-15(8-13)7-11-10(14)3-6-18-11/h3,6,9H,4-5,7-8H2,1-2H3,(H,16,17). The first kappa shape index (κ1) is 14.0. The maximum Gasteiger partial charge on any atom is 0.311 e. The second kappa shape index (κ2) is 5.31. The van der Waals surface area contributed by atoms with E-state index in [4.69, 9.17) is 0 Å². The van der Waals surface area contributed by atoms with Crippen molar-refractivity contribution in [2.75, 3.05) is 13.1 Å². The van der Waals surface area contributed by atoms with Gasteiger partial charge in [0, 0.05) is 22.4 Å². The summed E-state index contributed by atoms with van der Waals surface area (Å²) in [6.07, 6.45) is 0.753. The first-order chi connectivity index (χ1) is 8.45. The molecule has 1 aliphatic heterocycles.